The van der Waals surface area contributed by atoms with Crippen LogP contribution in [-0.4, -0.2) is 9.13 Å². The standard InChI is InChI=1S/C78H58N2/c1-77(2)51-78(3,64-35-24-56(25-36-64)57-26-37-65(38-27-57)79-73-42-31-59(52-16-8-4-9-17-52)46-67(73)68-47-60(32-43-74(68)79)53-18-10-5-11-19-53)72-50-63(30-41-71(72)77)58-28-39-66(40-29-58)80-75-44-33-61(54-20-12-6-13-21-54)48-69(75)70-49-62(34-45-76(70)80)55-22-14-7-15-23-55/h4-50H,51H2,1-3H3. The summed E-state index contributed by atoms with van der Waals surface area (Å²) in [7, 11) is 0. The number of benzene rings is 12. The van der Waals surface area contributed by atoms with Gasteiger partial charge >= 0.3 is 0 Å². The van der Waals surface area contributed by atoms with Gasteiger partial charge in [-0.3, -0.25) is 0 Å². The van der Waals surface area contributed by atoms with E-state index in [4.69, 9.17) is 0 Å². The van der Waals surface area contributed by atoms with E-state index in [9.17, 15) is 0 Å². The predicted molar refractivity (Wildman–Crippen MR) is 338 cm³/mol. The van der Waals surface area contributed by atoms with Crippen molar-refractivity contribution in [1.82, 2.24) is 9.13 Å². The molecule has 0 spiro atoms. The Morgan fingerprint density at radius 1 is 0.250 bits per heavy atom. The summed E-state index contributed by atoms with van der Waals surface area (Å²) >= 11 is 0. The van der Waals surface area contributed by atoms with Gasteiger partial charge in [0.15, 0.2) is 0 Å². The van der Waals surface area contributed by atoms with Gasteiger partial charge in [-0.2, -0.15) is 0 Å². The van der Waals surface area contributed by atoms with Crippen LogP contribution in [0.15, 0.2) is 285 Å². The van der Waals surface area contributed by atoms with Crippen molar-refractivity contribution >= 4 is 43.6 Å². The molecule has 0 N–H and O–H groups in total. The van der Waals surface area contributed by atoms with Crippen molar-refractivity contribution in [3.63, 3.8) is 0 Å². The first kappa shape index (κ1) is 47.5. The van der Waals surface area contributed by atoms with Gasteiger partial charge in [0.2, 0.25) is 0 Å². The third-order valence-electron chi connectivity index (χ3n) is 17.5. The SMILES string of the molecule is CC1(C)CC(C)(c2ccc(-c3ccc(-n4c5ccc(-c6ccccc6)cc5c5cc(-c6ccccc6)ccc54)cc3)cc2)c2cc(-c3ccc(-n4c5ccc(-c6ccccc6)cc5c5cc(-c6ccccc6)ccc54)cc3)ccc21. The quantitative estimate of drug-likeness (QED) is 0.136. The van der Waals surface area contributed by atoms with Crippen LogP contribution in [-0.2, 0) is 10.8 Å². The molecule has 0 saturated heterocycles. The molecule has 2 heterocycles. The summed E-state index contributed by atoms with van der Waals surface area (Å²) in [5.74, 6) is 0. The summed E-state index contributed by atoms with van der Waals surface area (Å²) in [6.07, 6.45) is 1.04. The van der Waals surface area contributed by atoms with E-state index in [0.29, 0.717) is 0 Å². The summed E-state index contributed by atoms with van der Waals surface area (Å²) in [4.78, 5) is 0. The maximum absolute atomic E-state index is 2.49. The summed E-state index contributed by atoms with van der Waals surface area (Å²) in [5, 5.41) is 5.00. The molecular weight excluding hydrogens is 965 g/mol. The second kappa shape index (κ2) is 18.7. The first-order chi connectivity index (χ1) is 39.2. The maximum Gasteiger partial charge on any atom is 0.0541 e. The van der Waals surface area contributed by atoms with Crippen molar-refractivity contribution in [2.45, 2.75) is 38.0 Å². The molecule has 15 rings (SSSR count). The Balaban J connectivity index is 0.739. The highest BCUT2D eigenvalue weighted by Gasteiger charge is 2.45. The molecule has 14 aromatic rings. The predicted octanol–water partition coefficient (Wildman–Crippen LogP) is 20.9. The van der Waals surface area contributed by atoms with E-state index in [0.717, 1.165) is 17.8 Å². The van der Waals surface area contributed by atoms with Crippen molar-refractivity contribution in [2.75, 3.05) is 0 Å². The van der Waals surface area contributed by atoms with Crippen molar-refractivity contribution in [3.05, 3.63) is 302 Å². The minimum atomic E-state index is -0.158. The summed E-state index contributed by atoms with van der Waals surface area (Å²) < 4.78 is 4.87. The minimum Gasteiger partial charge on any atom is -0.309 e. The number of fused-ring (bicyclic) bond motifs is 7. The van der Waals surface area contributed by atoms with E-state index < -0.39 is 0 Å². The van der Waals surface area contributed by atoms with Crippen LogP contribution < -0.4 is 0 Å². The van der Waals surface area contributed by atoms with Crippen LogP contribution >= 0.6 is 0 Å². The highest BCUT2D eigenvalue weighted by atomic mass is 15.0. The van der Waals surface area contributed by atoms with Crippen LogP contribution in [0.4, 0.5) is 0 Å². The lowest BCUT2D eigenvalue weighted by Crippen LogP contribution is -2.23. The Hall–Kier alpha value is -9.76. The molecule has 380 valence electrons. The fourth-order valence-electron chi connectivity index (χ4n) is 13.6. The first-order valence-corrected chi connectivity index (χ1v) is 28.1. The molecule has 2 aromatic heterocycles. The molecule has 1 atom stereocenters. The average Bonchev–Trinajstić information content (AvgIpc) is 4.14. The first-order valence-electron chi connectivity index (χ1n) is 28.1. The van der Waals surface area contributed by atoms with Gasteiger partial charge < -0.3 is 9.13 Å². The van der Waals surface area contributed by atoms with Gasteiger partial charge in [-0.15, -0.1) is 0 Å². The second-order valence-electron chi connectivity index (χ2n) is 22.9. The summed E-state index contributed by atoms with van der Waals surface area (Å²) in [5.41, 5.74) is 25.8. The fraction of sp³-hybridized carbons (Fsp3) is 0.0769. The van der Waals surface area contributed by atoms with Crippen molar-refractivity contribution in [3.8, 4) is 78.1 Å². The smallest absolute Gasteiger partial charge is 0.0541 e. The van der Waals surface area contributed by atoms with E-state index in [1.807, 2.05) is 0 Å². The monoisotopic (exact) mass is 1020 g/mol. The van der Waals surface area contributed by atoms with Crippen molar-refractivity contribution in [1.29, 1.82) is 0 Å². The number of hydrogen-bond donors (Lipinski definition) is 0. The Kier molecular flexibility index (Phi) is 11.1. The Morgan fingerprint density at radius 2 is 0.525 bits per heavy atom. The van der Waals surface area contributed by atoms with Crippen LogP contribution in [0.5, 0.6) is 0 Å². The normalized spacial score (nSPS) is 14.8. The van der Waals surface area contributed by atoms with Crippen LogP contribution in [0.2, 0.25) is 0 Å². The van der Waals surface area contributed by atoms with Crippen LogP contribution in [0.1, 0.15) is 43.9 Å². The molecule has 12 aromatic carbocycles. The van der Waals surface area contributed by atoms with Crippen LogP contribution in [0.25, 0.3) is 122 Å². The largest absolute Gasteiger partial charge is 0.309 e. The van der Waals surface area contributed by atoms with E-state index in [-0.39, 0.29) is 10.8 Å². The van der Waals surface area contributed by atoms with E-state index in [2.05, 4.69) is 315 Å². The zero-order chi connectivity index (χ0) is 53.5. The Labute approximate surface area is 468 Å². The number of aromatic nitrogens is 2. The molecule has 1 aliphatic carbocycles. The second-order valence-corrected chi connectivity index (χ2v) is 22.9. The molecule has 0 radical (unpaired) electrons. The molecule has 0 aliphatic heterocycles. The maximum atomic E-state index is 2.49. The molecule has 2 nitrogen and oxygen atoms in total. The molecule has 0 amide bonds. The fourth-order valence-corrected chi connectivity index (χ4v) is 13.6. The number of nitrogens with zero attached hydrogens (tertiary/aromatic N) is 2. The average molecular weight is 1020 g/mol. The zero-order valence-electron chi connectivity index (χ0n) is 45.2. The Morgan fingerprint density at radius 3 is 0.875 bits per heavy atom. The minimum absolute atomic E-state index is 0.0251. The van der Waals surface area contributed by atoms with Crippen molar-refractivity contribution < 1.29 is 0 Å². The third-order valence-corrected chi connectivity index (χ3v) is 17.5. The van der Waals surface area contributed by atoms with Crippen molar-refractivity contribution in [2.24, 2.45) is 0 Å². The van der Waals surface area contributed by atoms with E-state index >= 15 is 0 Å². The van der Waals surface area contributed by atoms with Gasteiger partial charge in [-0.05, 0) is 174 Å². The van der Waals surface area contributed by atoms with E-state index in [1.165, 1.54) is 127 Å². The van der Waals surface area contributed by atoms with Gasteiger partial charge in [0, 0.05) is 38.3 Å². The van der Waals surface area contributed by atoms with Gasteiger partial charge in [0.1, 0.15) is 0 Å². The summed E-state index contributed by atoms with van der Waals surface area (Å²) in [6, 6.07) is 106. The number of hydrogen-bond acceptors (Lipinski definition) is 0. The molecule has 0 fully saturated rings. The lowest BCUT2D eigenvalue weighted by Gasteiger charge is -2.29. The third kappa shape index (κ3) is 7.93. The lowest BCUT2D eigenvalue weighted by molar-refractivity contribution is 0.425. The van der Waals surface area contributed by atoms with Gasteiger partial charge in [-0.25, -0.2) is 0 Å². The molecule has 80 heavy (non-hydrogen) atoms. The van der Waals surface area contributed by atoms with Gasteiger partial charge in [-0.1, -0.05) is 227 Å². The molecule has 1 aliphatic rings. The van der Waals surface area contributed by atoms with Crippen LogP contribution in [0, 0.1) is 0 Å². The Bertz CT molecular complexity index is 4450. The van der Waals surface area contributed by atoms with E-state index in [1.54, 1.807) is 0 Å². The zero-order valence-corrected chi connectivity index (χ0v) is 45.2. The topological polar surface area (TPSA) is 9.86 Å². The highest BCUT2D eigenvalue weighted by Crippen LogP contribution is 2.54. The molecule has 0 bridgehead atoms. The lowest BCUT2D eigenvalue weighted by atomic mass is 9.74. The highest BCUT2D eigenvalue weighted by molar-refractivity contribution is 6.13. The van der Waals surface area contributed by atoms with Gasteiger partial charge in [0.05, 0.1) is 22.1 Å². The number of rotatable bonds is 9. The van der Waals surface area contributed by atoms with Crippen LogP contribution in [0.3, 0.4) is 0 Å². The summed E-state index contributed by atoms with van der Waals surface area (Å²) in [6.45, 7) is 7.30. The molecule has 2 heteroatoms. The molecule has 1 unspecified atom stereocenters. The molecular formula is C78H58N2. The molecule has 0 saturated carbocycles. The van der Waals surface area contributed by atoms with Gasteiger partial charge in [0.25, 0.3) is 0 Å².